The number of pyridine rings is 1. The molecule has 0 aliphatic heterocycles. The highest BCUT2D eigenvalue weighted by atomic mass is 79.9. The van der Waals surface area contributed by atoms with Gasteiger partial charge in [-0.05, 0) is 36.4 Å². The number of carbonyl (C=O) groups is 1. The first-order chi connectivity index (χ1) is 13.6. The lowest BCUT2D eigenvalue weighted by molar-refractivity contribution is 0.102. The fraction of sp³-hybridized carbons (Fsp3) is 0.0435. The molecule has 1 aromatic heterocycles. The summed E-state index contributed by atoms with van der Waals surface area (Å²) >= 11 is 3.50. The van der Waals surface area contributed by atoms with Crippen molar-refractivity contribution in [2.24, 2.45) is 0 Å². The molecule has 0 atom stereocenters. The molecule has 3 aromatic carbocycles. The van der Waals surface area contributed by atoms with Crippen LogP contribution in [0.3, 0.4) is 0 Å². The summed E-state index contributed by atoms with van der Waals surface area (Å²) in [5.74, 6) is 0.496. The minimum Gasteiger partial charge on any atom is -0.497 e. The van der Waals surface area contributed by atoms with E-state index >= 15 is 0 Å². The molecule has 1 N–H and O–H groups in total. The van der Waals surface area contributed by atoms with Gasteiger partial charge >= 0.3 is 0 Å². The zero-order valence-electron chi connectivity index (χ0n) is 15.1. The maximum absolute atomic E-state index is 13.1. The van der Waals surface area contributed by atoms with E-state index in [0.29, 0.717) is 17.0 Å². The van der Waals surface area contributed by atoms with E-state index in [2.05, 4.69) is 21.2 Å². The maximum Gasteiger partial charge on any atom is 0.256 e. The maximum atomic E-state index is 13.1. The van der Waals surface area contributed by atoms with Crippen molar-refractivity contribution in [3.05, 3.63) is 88.9 Å². The molecule has 0 saturated carbocycles. The molecule has 0 radical (unpaired) electrons. The van der Waals surface area contributed by atoms with Crippen LogP contribution in [-0.2, 0) is 0 Å². The van der Waals surface area contributed by atoms with Crippen molar-refractivity contribution < 1.29 is 9.53 Å². The molecule has 0 saturated heterocycles. The van der Waals surface area contributed by atoms with E-state index in [9.17, 15) is 4.79 Å². The number of para-hydroxylation sites is 1. The van der Waals surface area contributed by atoms with E-state index in [-0.39, 0.29) is 5.91 Å². The van der Waals surface area contributed by atoms with Crippen LogP contribution >= 0.6 is 15.9 Å². The van der Waals surface area contributed by atoms with Crippen LogP contribution in [-0.4, -0.2) is 18.0 Å². The highest BCUT2D eigenvalue weighted by Crippen LogP contribution is 2.27. The van der Waals surface area contributed by atoms with Crippen LogP contribution in [0.2, 0.25) is 0 Å². The van der Waals surface area contributed by atoms with Crippen LogP contribution in [0.1, 0.15) is 10.4 Å². The van der Waals surface area contributed by atoms with Crippen molar-refractivity contribution in [2.45, 2.75) is 0 Å². The van der Waals surface area contributed by atoms with E-state index in [0.717, 1.165) is 26.6 Å². The minimum atomic E-state index is -0.192. The molecule has 4 aromatic rings. The van der Waals surface area contributed by atoms with E-state index in [1.165, 1.54) is 0 Å². The number of nitrogens with one attached hydrogen (secondary N) is 1. The SMILES string of the molecule is COc1cccc(NC(=O)c2cc(-c3cccc(Br)c3)nc3ccccc23)c1. The highest BCUT2D eigenvalue weighted by Gasteiger charge is 2.14. The lowest BCUT2D eigenvalue weighted by Crippen LogP contribution is -2.13. The predicted molar refractivity (Wildman–Crippen MR) is 116 cm³/mol. The molecule has 1 heterocycles. The van der Waals surface area contributed by atoms with Gasteiger partial charge in [0.25, 0.3) is 5.91 Å². The second-order valence-corrected chi connectivity index (χ2v) is 7.18. The van der Waals surface area contributed by atoms with Gasteiger partial charge in [-0.15, -0.1) is 0 Å². The third kappa shape index (κ3) is 3.75. The molecule has 0 unspecified atom stereocenters. The van der Waals surface area contributed by atoms with Crippen LogP contribution in [0.4, 0.5) is 5.69 Å². The molecular formula is C23H17BrN2O2. The summed E-state index contributed by atoms with van der Waals surface area (Å²) in [6, 6.07) is 24.7. The number of hydrogen-bond acceptors (Lipinski definition) is 3. The molecule has 0 aliphatic carbocycles. The lowest BCUT2D eigenvalue weighted by atomic mass is 10.0. The minimum absolute atomic E-state index is 0.192. The van der Waals surface area contributed by atoms with Crippen molar-refractivity contribution in [3.63, 3.8) is 0 Å². The fourth-order valence-electron chi connectivity index (χ4n) is 3.06. The number of aromatic nitrogens is 1. The molecule has 138 valence electrons. The van der Waals surface area contributed by atoms with Gasteiger partial charge in [0.15, 0.2) is 0 Å². The van der Waals surface area contributed by atoms with Gasteiger partial charge in [-0.25, -0.2) is 4.98 Å². The molecule has 28 heavy (non-hydrogen) atoms. The first kappa shape index (κ1) is 18.2. The number of nitrogens with zero attached hydrogens (tertiary/aromatic N) is 1. The summed E-state index contributed by atoms with van der Waals surface area (Å²) in [6.45, 7) is 0. The Kier molecular flexibility index (Phi) is 5.08. The summed E-state index contributed by atoms with van der Waals surface area (Å²) in [5, 5.41) is 3.77. The molecule has 0 bridgehead atoms. The zero-order valence-corrected chi connectivity index (χ0v) is 16.7. The molecule has 0 aliphatic rings. The van der Waals surface area contributed by atoms with Gasteiger partial charge in [0.05, 0.1) is 23.9 Å². The number of anilines is 1. The molecule has 4 rings (SSSR count). The van der Waals surface area contributed by atoms with Crippen molar-refractivity contribution in [1.82, 2.24) is 4.98 Å². The third-order valence-electron chi connectivity index (χ3n) is 4.41. The van der Waals surface area contributed by atoms with Crippen LogP contribution in [0.15, 0.2) is 83.3 Å². The Bertz CT molecular complexity index is 1170. The molecule has 4 nitrogen and oxygen atoms in total. The molecule has 0 fully saturated rings. The number of fused-ring (bicyclic) bond motifs is 1. The Morgan fingerprint density at radius 3 is 2.61 bits per heavy atom. The number of carbonyl (C=O) groups excluding carboxylic acids is 1. The van der Waals surface area contributed by atoms with Crippen molar-refractivity contribution >= 4 is 38.4 Å². The Balaban J connectivity index is 1.79. The Morgan fingerprint density at radius 1 is 0.964 bits per heavy atom. The molecule has 1 amide bonds. The first-order valence-corrected chi connectivity index (χ1v) is 9.54. The highest BCUT2D eigenvalue weighted by molar-refractivity contribution is 9.10. The summed E-state index contributed by atoms with van der Waals surface area (Å²) in [4.78, 5) is 17.8. The standard InChI is InChI=1S/C23H17BrN2O2/c1-28-18-9-5-8-17(13-18)25-23(27)20-14-22(15-6-4-7-16(24)12-15)26-21-11-3-2-10-19(20)21/h2-14H,1H3,(H,25,27). The third-order valence-corrected chi connectivity index (χ3v) is 4.90. The molecular weight excluding hydrogens is 416 g/mol. The topological polar surface area (TPSA) is 51.2 Å². The van der Waals surface area contributed by atoms with E-state index < -0.39 is 0 Å². The van der Waals surface area contributed by atoms with Crippen molar-refractivity contribution in [1.29, 1.82) is 0 Å². The van der Waals surface area contributed by atoms with E-state index in [4.69, 9.17) is 9.72 Å². The molecule has 0 spiro atoms. The normalized spacial score (nSPS) is 10.6. The van der Waals surface area contributed by atoms with Gasteiger partial charge in [0.2, 0.25) is 0 Å². The van der Waals surface area contributed by atoms with Gasteiger partial charge < -0.3 is 10.1 Å². The molecule has 5 heteroatoms. The fourth-order valence-corrected chi connectivity index (χ4v) is 3.46. The first-order valence-electron chi connectivity index (χ1n) is 8.75. The number of halogens is 1. The predicted octanol–water partition coefficient (Wildman–Crippen LogP) is 5.93. The van der Waals surface area contributed by atoms with Gasteiger partial charge in [0, 0.05) is 27.2 Å². The van der Waals surface area contributed by atoms with Crippen LogP contribution < -0.4 is 10.1 Å². The zero-order chi connectivity index (χ0) is 19.5. The summed E-state index contributed by atoms with van der Waals surface area (Å²) in [5.41, 5.74) is 3.71. The summed E-state index contributed by atoms with van der Waals surface area (Å²) in [7, 11) is 1.60. The smallest absolute Gasteiger partial charge is 0.256 e. The number of amides is 1. The van der Waals surface area contributed by atoms with Gasteiger partial charge in [-0.2, -0.15) is 0 Å². The number of benzene rings is 3. The average Bonchev–Trinajstić information content (AvgIpc) is 2.73. The number of methoxy groups -OCH3 is 1. The Morgan fingerprint density at radius 2 is 1.79 bits per heavy atom. The van der Waals surface area contributed by atoms with Crippen molar-refractivity contribution in [3.8, 4) is 17.0 Å². The second kappa shape index (κ2) is 7.82. The van der Waals surface area contributed by atoms with Crippen molar-refractivity contribution in [2.75, 3.05) is 12.4 Å². The largest absolute Gasteiger partial charge is 0.497 e. The second-order valence-electron chi connectivity index (χ2n) is 6.27. The number of rotatable bonds is 4. The monoisotopic (exact) mass is 432 g/mol. The van der Waals surface area contributed by atoms with Crippen LogP contribution in [0.5, 0.6) is 5.75 Å². The Labute approximate surface area is 171 Å². The van der Waals surface area contributed by atoms with E-state index in [1.54, 1.807) is 13.2 Å². The van der Waals surface area contributed by atoms with Crippen LogP contribution in [0.25, 0.3) is 22.2 Å². The Hall–Kier alpha value is -3.18. The average molecular weight is 433 g/mol. The van der Waals surface area contributed by atoms with Gasteiger partial charge in [-0.3, -0.25) is 4.79 Å². The quantitative estimate of drug-likeness (QED) is 0.434. The van der Waals surface area contributed by atoms with Gasteiger partial charge in [-0.1, -0.05) is 52.3 Å². The summed E-state index contributed by atoms with van der Waals surface area (Å²) in [6.07, 6.45) is 0. The van der Waals surface area contributed by atoms with E-state index in [1.807, 2.05) is 72.8 Å². The van der Waals surface area contributed by atoms with Crippen LogP contribution in [0, 0.1) is 0 Å². The summed E-state index contributed by atoms with van der Waals surface area (Å²) < 4.78 is 6.20. The van der Waals surface area contributed by atoms with Gasteiger partial charge in [0.1, 0.15) is 5.75 Å². The number of ether oxygens (including phenoxy) is 1. The lowest BCUT2D eigenvalue weighted by Gasteiger charge is -2.11. The number of hydrogen-bond donors (Lipinski definition) is 1.